The van der Waals surface area contributed by atoms with Gasteiger partial charge in [-0.1, -0.05) is 29.8 Å². The number of aryl methyl sites for hydroxylation is 1. The van der Waals surface area contributed by atoms with Crippen LogP contribution in [0, 0.1) is 6.92 Å². The molecule has 0 aliphatic carbocycles. The molecule has 0 saturated carbocycles. The van der Waals surface area contributed by atoms with E-state index in [1.165, 1.54) is 5.56 Å². The van der Waals surface area contributed by atoms with Crippen molar-refractivity contribution in [1.82, 2.24) is 15.5 Å². The Kier molecular flexibility index (Phi) is 6.17. The third-order valence-corrected chi connectivity index (χ3v) is 3.95. The number of benzene rings is 1. The lowest BCUT2D eigenvalue weighted by Crippen LogP contribution is -2.46. The predicted molar refractivity (Wildman–Crippen MR) is 88.4 cm³/mol. The van der Waals surface area contributed by atoms with Gasteiger partial charge >= 0.3 is 12.0 Å². The zero-order valence-corrected chi connectivity index (χ0v) is 13.7. The molecule has 0 spiro atoms. The van der Waals surface area contributed by atoms with Gasteiger partial charge in [-0.2, -0.15) is 0 Å². The van der Waals surface area contributed by atoms with Crippen LogP contribution in [0.3, 0.4) is 0 Å². The zero-order chi connectivity index (χ0) is 17.5. The SMILES string of the molecule is Cc1ccc(CN2CCC(NC(=O)NCCCC(=O)O)C2=O)cc1. The molecule has 24 heavy (non-hydrogen) atoms. The molecule has 0 radical (unpaired) electrons. The van der Waals surface area contributed by atoms with Crippen LogP contribution in [0.15, 0.2) is 24.3 Å². The van der Waals surface area contributed by atoms with Gasteiger partial charge in [-0.15, -0.1) is 0 Å². The molecule has 7 heteroatoms. The van der Waals surface area contributed by atoms with Crippen LogP contribution in [0.5, 0.6) is 0 Å². The van der Waals surface area contributed by atoms with Crippen molar-refractivity contribution in [3.8, 4) is 0 Å². The third-order valence-electron chi connectivity index (χ3n) is 3.95. The summed E-state index contributed by atoms with van der Waals surface area (Å²) in [5, 5.41) is 13.8. The molecule has 130 valence electrons. The number of carbonyl (C=O) groups is 3. The van der Waals surface area contributed by atoms with Gasteiger partial charge in [0, 0.05) is 26.1 Å². The van der Waals surface area contributed by atoms with Crippen LogP contribution in [0.2, 0.25) is 0 Å². The summed E-state index contributed by atoms with van der Waals surface area (Å²) in [5.41, 5.74) is 2.23. The number of nitrogens with one attached hydrogen (secondary N) is 2. The number of carboxylic acid groups (broad SMARTS) is 1. The maximum atomic E-state index is 12.3. The smallest absolute Gasteiger partial charge is 0.315 e. The second-order valence-electron chi connectivity index (χ2n) is 5.98. The van der Waals surface area contributed by atoms with E-state index in [0.29, 0.717) is 25.9 Å². The van der Waals surface area contributed by atoms with Crippen molar-refractivity contribution in [3.05, 3.63) is 35.4 Å². The summed E-state index contributed by atoms with van der Waals surface area (Å²) in [7, 11) is 0. The fraction of sp³-hybridized carbons (Fsp3) is 0.471. The number of likely N-dealkylation sites (tertiary alicyclic amines) is 1. The molecule has 3 amide bonds. The molecule has 1 aliphatic heterocycles. The molecule has 1 aromatic rings. The largest absolute Gasteiger partial charge is 0.481 e. The van der Waals surface area contributed by atoms with Gasteiger partial charge in [-0.25, -0.2) is 4.79 Å². The second kappa shape index (κ2) is 8.33. The highest BCUT2D eigenvalue weighted by atomic mass is 16.4. The normalized spacial score (nSPS) is 17.0. The van der Waals surface area contributed by atoms with Gasteiger partial charge in [-0.3, -0.25) is 9.59 Å². The molecule has 1 unspecified atom stereocenters. The van der Waals surface area contributed by atoms with E-state index in [9.17, 15) is 14.4 Å². The number of urea groups is 1. The summed E-state index contributed by atoms with van der Waals surface area (Å²) in [6.07, 6.45) is 0.946. The fourth-order valence-electron chi connectivity index (χ4n) is 2.59. The monoisotopic (exact) mass is 333 g/mol. The van der Waals surface area contributed by atoms with E-state index in [1.807, 2.05) is 31.2 Å². The lowest BCUT2D eigenvalue weighted by atomic mass is 10.1. The van der Waals surface area contributed by atoms with Crippen LogP contribution in [0.1, 0.15) is 30.4 Å². The van der Waals surface area contributed by atoms with Gasteiger partial charge in [0.15, 0.2) is 0 Å². The molecule has 0 bridgehead atoms. The van der Waals surface area contributed by atoms with Crippen molar-refractivity contribution in [2.75, 3.05) is 13.1 Å². The molecule has 1 saturated heterocycles. The van der Waals surface area contributed by atoms with Crippen molar-refractivity contribution in [1.29, 1.82) is 0 Å². The van der Waals surface area contributed by atoms with Gasteiger partial charge < -0.3 is 20.6 Å². The summed E-state index contributed by atoms with van der Waals surface area (Å²) in [6.45, 7) is 3.43. The lowest BCUT2D eigenvalue weighted by molar-refractivity contribution is -0.137. The fourth-order valence-corrected chi connectivity index (χ4v) is 2.59. The average molecular weight is 333 g/mol. The molecular weight excluding hydrogens is 310 g/mol. The Morgan fingerprint density at radius 1 is 1.29 bits per heavy atom. The summed E-state index contributed by atoms with van der Waals surface area (Å²) >= 11 is 0. The molecule has 7 nitrogen and oxygen atoms in total. The Bertz CT molecular complexity index is 600. The Hall–Kier alpha value is -2.57. The highest BCUT2D eigenvalue weighted by Crippen LogP contribution is 2.15. The number of hydrogen-bond donors (Lipinski definition) is 3. The minimum absolute atomic E-state index is 0.00691. The van der Waals surface area contributed by atoms with Crippen molar-refractivity contribution in [2.24, 2.45) is 0 Å². The minimum Gasteiger partial charge on any atom is -0.481 e. The summed E-state index contributed by atoms with van der Waals surface area (Å²) < 4.78 is 0. The van der Waals surface area contributed by atoms with Gasteiger partial charge in [0.25, 0.3) is 0 Å². The van der Waals surface area contributed by atoms with E-state index >= 15 is 0 Å². The van der Waals surface area contributed by atoms with Crippen LogP contribution in [-0.2, 0) is 16.1 Å². The standard InChI is InChI=1S/C17H23N3O4/c1-12-4-6-13(7-5-12)11-20-10-8-14(16(20)23)19-17(24)18-9-2-3-15(21)22/h4-7,14H,2-3,8-11H2,1H3,(H,21,22)(H2,18,19,24). The number of hydrogen-bond acceptors (Lipinski definition) is 3. The summed E-state index contributed by atoms with van der Waals surface area (Å²) in [4.78, 5) is 36.2. The van der Waals surface area contributed by atoms with E-state index in [4.69, 9.17) is 5.11 Å². The van der Waals surface area contributed by atoms with Crippen LogP contribution < -0.4 is 10.6 Å². The first-order valence-electron chi connectivity index (χ1n) is 8.06. The van der Waals surface area contributed by atoms with Crippen molar-refractivity contribution in [2.45, 2.75) is 38.8 Å². The van der Waals surface area contributed by atoms with E-state index in [0.717, 1.165) is 5.56 Å². The zero-order valence-electron chi connectivity index (χ0n) is 13.7. The number of amides is 3. The first kappa shape index (κ1) is 17.8. The Morgan fingerprint density at radius 3 is 2.67 bits per heavy atom. The first-order valence-corrected chi connectivity index (χ1v) is 8.06. The van der Waals surface area contributed by atoms with Crippen LogP contribution in [0.25, 0.3) is 0 Å². The topological polar surface area (TPSA) is 98.7 Å². The summed E-state index contributed by atoms with van der Waals surface area (Å²) in [5.74, 6) is -0.980. The number of rotatable bonds is 7. The molecule has 0 aromatic heterocycles. The van der Waals surface area contributed by atoms with Crippen molar-refractivity contribution < 1.29 is 19.5 Å². The first-order chi connectivity index (χ1) is 11.5. The minimum atomic E-state index is -0.894. The van der Waals surface area contributed by atoms with Crippen molar-refractivity contribution >= 4 is 17.9 Å². The molecule has 3 N–H and O–H groups in total. The van der Waals surface area contributed by atoms with Crippen LogP contribution >= 0.6 is 0 Å². The summed E-state index contributed by atoms with van der Waals surface area (Å²) in [6, 6.07) is 7.06. The highest BCUT2D eigenvalue weighted by Gasteiger charge is 2.32. The lowest BCUT2D eigenvalue weighted by Gasteiger charge is -2.17. The van der Waals surface area contributed by atoms with E-state index in [2.05, 4.69) is 10.6 Å². The maximum Gasteiger partial charge on any atom is 0.315 e. The molecule has 1 fully saturated rings. The number of carbonyl (C=O) groups excluding carboxylic acids is 2. The van der Waals surface area contributed by atoms with E-state index in [1.54, 1.807) is 4.90 Å². The van der Waals surface area contributed by atoms with Gasteiger partial charge in [0.2, 0.25) is 5.91 Å². The maximum absolute atomic E-state index is 12.3. The molecule has 2 rings (SSSR count). The second-order valence-corrected chi connectivity index (χ2v) is 5.98. The Balaban J connectivity index is 1.75. The van der Waals surface area contributed by atoms with Gasteiger partial charge in [0.1, 0.15) is 6.04 Å². The third kappa shape index (κ3) is 5.26. The number of nitrogens with zero attached hydrogens (tertiary/aromatic N) is 1. The van der Waals surface area contributed by atoms with Crippen LogP contribution in [0.4, 0.5) is 4.79 Å². The van der Waals surface area contributed by atoms with E-state index < -0.39 is 18.0 Å². The molecule has 1 heterocycles. The highest BCUT2D eigenvalue weighted by molar-refractivity contribution is 5.88. The van der Waals surface area contributed by atoms with E-state index in [-0.39, 0.29) is 18.9 Å². The molecule has 1 aliphatic rings. The molecule has 1 atom stereocenters. The molecular formula is C17H23N3O4. The van der Waals surface area contributed by atoms with Crippen molar-refractivity contribution in [3.63, 3.8) is 0 Å². The van der Waals surface area contributed by atoms with Crippen LogP contribution in [-0.4, -0.2) is 47.0 Å². The number of carboxylic acids is 1. The Morgan fingerprint density at radius 2 is 2.00 bits per heavy atom. The predicted octanol–water partition coefficient (Wildman–Crippen LogP) is 1.26. The number of aliphatic carboxylic acids is 1. The quantitative estimate of drug-likeness (QED) is 0.654. The van der Waals surface area contributed by atoms with Gasteiger partial charge in [-0.05, 0) is 25.3 Å². The molecule has 1 aromatic carbocycles. The average Bonchev–Trinajstić information content (AvgIpc) is 2.87. The Labute approximate surface area is 141 Å². The van der Waals surface area contributed by atoms with Gasteiger partial charge in [0.05, 0.1) is 0 Å².